The summed E-state index contributed by atoms with van der Waals surface area (Å²) in [6.07, 6.45) is 3.99. The molecule has 4 amide bonds. The molecule has 2 saturated heterocycles. The molecule has 2 fully saturated rings. The number of rotatable bonds is 4. The van der Waals surface area contributed by atoms with Crippen molar-refractivity contribution in [3.05, 3.63) is 54.1 Å². The fraction of sp³-hybridized carbons (Fsp3) is 0.375. The lowest BCUT2D eigenvalue weighted by Gasteiger charge is -2.33. The van der Waals surface area contributed by atoms with Crippen LogP contribution in [0.1, 0.15) is 31.2 Å². The number of carbonyl (C=O) groups is 3. The Hall–Kier alpha value is -3.55. The summed E-state index contributed by atoms with van der Waals surface area (Å²) in [4.78, 5) is 41.9. The largest absolute Gasteiger partial charge is 0.493 e. The monoisotopic (exact) mass is 434 g/mol. The van der Waals surface area contributed by atoms with Crippen molar-refractivity contribution in [2.75, 3.05) is 36.5 Å². The fourth-order valence-corrected chi connectivity index (χ4v) is 4.77. The number of nitrogens with zero attached hydrogens (tertiary/aromatic N) is 2. The summed E-state index contributed by atoms with van der Waals surface area (Å²) in [6.45, 7) is 2.07. The van der Waals surface area contributed by atoms with Gasteiger partial charge in [0.1, 0.15) is 12.3 Å². The number of urea groups is 1. The summed E-state index contributed by atoms with van der Waals surface area (Å²) >= 11 is 0. The van der Waals surface area contributed by atoms with Crippen molar-refractivity contribution in [3.63, 3.8) is 0 Å². The number of fused-ring (bicyclic) bond motifs is 2. The van der Waals surface area contributed by atoms with Crippen LogP contribution in [0.15, 0.2) is 48.5 Å². The molecule has 166 valence electrons. The van der Waals surface area contributed by atoms with Gasteiger partial charge in [0.2, 0.25) is 5.91 Å². The summed E-state index contributed by atoms with van der Waals surface area (Å²) in [6, 6.07) is 14.3. The van der Waals surface area contributed by atoms with E-state index in [0.29, 0.717) is 30.0 Å². The zero-order valence-electron chi connectivity index (χ0n) is 17.8. The highest BCUT2D eigenvalue weighted by atomic mass is 16.5. The van der Waals surface area contributed by atoms with Gasteiger partial charge in [-0.15, -0.1) is 0 Å². The van der Waals surface area contributed by atoms with Crippen LogP contribution in [-0.2, 0) is 15.1 Å². The van der Waals surface area contributed by atoms with Gasteiger partial charge in [0.05, 0.1) is 6.61 Å². The van der Waals surface area contributed by atoms with Crippen molar-refractivity contribution >= 4 is 29.2 Å². The Bertz CT molecular complexity index is 1050. The lowest BCUT2D eigenvalue weighted by Crippen LogP contribution is -2.48. The van der Waals surface area contributed by atoms with Crippen LogP contribution in [0.3, 0.4) is 0 Å². The van der Waals surface area contributed by atoms with E-state index in [1.54, 1.807) is 18.2 Å². The summed E-state index contributed by atoms with van der Waals surface area (Å²) in [5.41, 5.74) is 1.22. The second-order valence-electron chi connectivity index (χ2n) is 8.46. The zero-order valence-corrected chi connectivity index (χ0v) is 17.8. The third-order valence-electron chi connectivity index (χ3n) is 6.43. The third-order valence-corrected chi connectivity index (χ3v) is 6.43. The summed E-state index contributed by atoms with van der Waals surface area (Å²) < 4.78 is 5.64. The van der Waals surface area contributed by atoms with Crippen LogP contribution in [0.4, 0.5) is 16.2 Å². The van der Waals surface area contributed by atoms with E-state index in [0.717, 1.165) is 23.7 Å². The number of benzene rings is 2. The van der Waals surface area contributed by atoms with Crippen LogP contribution in [0.5, 0.6) is 5.75 Å². The molecule has 0 saturated carbocycles. The SMILES string of the molecule is O=C(CN1C(=O)N[C@]2(CCOc3ccccc32)C1=O)Nc1ccc(N2CCCCC2)cc1. The zero-order chi connectivity index (χ0) is 22.1. The molecule has 0 aromatic heterocycles. The molecule has 2 aromatic rings. The van der Waals surface area contributed by atoms with Crippen molar-refractivity contribution in [1.29, 1.82) is 0 Å². The van der Waals surface area contributed by atoms with Gasteiger partial charge in [0.15, 0.2) is 5.54 Å². The summed E-state index contributed by atoms with van der Waals surface area (Å²) in [7, 11) is 0. The molecule has 2 N–H and O–H groups in total. The average molecular weight is 434 g/mol. The second-order valence-corrected chi connectivity index (χ2v) is 8.46. The lowest BCUT2D eigenvalue weighted by atomic mass is 9.84. The maximum absolute atomic E-state index is 13.3. The molecule has 0 bridgehead atoms. The molecule has 0 unspecified atom stereocenters. The Kier molecular flexibility index (Phi) is 5.20. The van der Waals surface area contributed by atoms with E-state index in [-0.39, 0.29) is 6.54 Å². The molecule has 0 radical (unpaired) electrons. The predicted octanol–water partition coefficient (Wildman–Crippen LogP) is 2.85. The van der Waals surface area contributed by atoms with Gasteiger partial charge in [-0.05, 0) is 49.6 Å². The lowest BCUT2D eigenvalue weighted by molar-refractivity contribution is -0.135. The average Bonchev–Trinajstić information content (AvgIpc) is 3.05. The van der Waals surface area contributed by atoms with Crippen LogP contribution in [0, 0.1) is 0 Å². The topological polar surface area (TPSA) is 91.0 Å². The molecule has 5 rings (SSSR count). The minimum Gasteiger partial charge on any atom is -0.493 e. The van der Waals surface area contributed by atoms with Gasteiger partial charge in [-0.25, -0.2) is 4.79 Å². The van der Waals surface area contributed by atoms with E-state index in [4.69, 9.17) is 4.74 Å². The number of carbonyl (C=O) groups excluding carboxylic acids is 3. The highest BCUT2D eigenvalue weighted by molar-refractivity contribution is 6.10. The van der Waals surface area contributed by atoms with Crippen LogP contribution in [-0.4, -0.2) is 49.0 Å². The number of hydrogen-bond donors (Lipinski definition) is 2. The number of para-hydroxylation sites is 1. The maximum Gasteiger partial charge on any atom is 0.325 e. The van der Waals surface area contributed by atoms with Crippen LogP contribution in [0.2, 0.25) is 0 Å². The minimum atomic E-state index is -1.18. The van der Waals surface area contributed by atoms with Gasteiger partial charge < -0.3 is 20.3 Å². The number of amides is 4. The first-order valence-corrected chi connectivity index (χ1v) is 11.1. The summed E-state index contributed by atoms with van der Waals surface area (Å²) in [5, 5.41) is 5.60. The standard InChI is InChI=1S/C24H26N4O4/c29-21(25-17-8-10-18(11-9-17)27-13-4-1-5-14-27)16-28-22(30)24(26-23(28)31)12-15-32-20-7-3-2-6-19(20)24/h2-3,6-11H,1,4-5,12-16H2,(H,25,29)(H,26,31)/t24-/m0/s1. The van der Waals surface area contributed by atoms with E-state index in [9.17, 15) is 14.4 Å². The molecule has 1 atom stereocenters. The Morgan fingerprint density at radius 2 is 1.78 bits per heavy atom. The molecule has 8 nitrogen and oxygen atoms in total. The molecule has 2 aromatic carbocycles. The van der Waals surface area contributed by atoms with Crippen LogP contribution < -0.4 is 20.3 Å². The van der Waals surface area contributed by atoms with Gasteiger partial charge in [0, 0.05) is 36.4 Å². The normalized spacial score (nSPS) is 22.4. The first-order chi connectivity index (χ1) is 15.6. The van der Waals surface area contributed by atoms with Gasteiger partial charge in [-0.3, -0.25) is 14.5 Å². The molecule has 32 heavy (non-hydrogen) atoms. The van der Waals surface area contributed by atoms with E-state index < -0.39 is 23.4 Å². The van der Waals surface area contributed by atoms with Crippen molar-refractivity contribution in [2.24, 2.45) is 0 Å². The van der Waals surface area contributed by atoms with Gasteiger partial charge in [-0.1, -0.05) is 18.2 Å². The number of piperidine rings is 1. The molecule has 8 heteroatoms. The van der Waals surface area contributed by atoms with Gasteiger partial charge in [-0.2, -0.15) is 0 Å². The molecule has 3 heterocycles. The Morgan fingerprint density at radius 3 is 2.56 bits per heavy atom. The van der Waals surface area contributed by atoms with E-state index in [2.05, 4.69) is 15.5 Å². The highest BCUT2D eigenvalue weighted by Crippen LogP contribution is 2.40. The quantitative estimate of drug-likeness (QED) is 0.722. The first kappa shape index (κ1) is 20.4. The minimum absolute atomic E-state index is 0.312. The number of ether oxygens (including phenoxy) is 1. The molecular weight excluding hydrogens is 408 g/mol. The van der Waals surface area contributed by atoms with Crippen molar-refractivity contribution in [3.8, 4) is 5.75 Å². The number of hydrogen-bond acceptors (Lipinski definition) is 5. The van der Waals surface area contributed by atoms with E-state index >= 15 is 0 Å². The Balaban J connectivity index is 1.26. The Labute approximate surface area is 186 Å². The molecule has 3 aliphatic heterocycles. The van der Waals surface area contributed by atoms with Crippen molar-refractivity contribution in [1.82, 2.24) is 10.2 Å². The highest BCUT2D eigenvalue weighted by Gasteiger charge is 2.55. The van der Waals surface area contributed by atoms with E-state index in [1.807, 2.05) is 30.3 Å². The Morgan fingerprint density at radius 1 is 1.03 bits per heavy atom. The predicted molar refractivity (Wildman–Crippen MR) is 120 cm³/mol. The maximum atomic E-state index is 13.3. The van der Waals surface area contributed by atoms with Gasteiger partial charge >= 0.3 is 6.03 Å². The third kappa shape index (κ3) is 3.55. The van der Waals surface area contributed by atoms with Crippen LogP contribution >= 0.6 is 0 Å². The molecule has 1 spiro atoms. The molecule has 3 aliphatic rings. The number of anilines is 2. The van der Waals surface area contributed by atoms with Gasteiger partial charge in [0.25, 0.3) is 5.91 Å². The first-order valence-electron chi connectivity index (χ1n) is 11.1. The molecule has 0 aliphatic carbocycles. The van der Waals surface area contributed by atoms with E-state index in [1.165, 1.54) is 19.3 Å². The summed E-state index contributed by atoms with van der Waals surface area (Å²) in [5.74, 6) is -0.266. The number of nitrogens with one attached hydrogen (secondary N) is 2. The molecular formula is C24H26N4O4. The fourth-order valence-electron chi connectivity index (χ4n) is 4.77. The van der Waals surface area contributed by atoms with Crippen LogP contribution in [0.25, 0.3) is 0 Å². The smallest absolute Gasteiger partial charge is 0.325 e. The number of imide groups is 1. The van der Waals surface area contributed by atoms with Crippen molar-refractivity contribution < 1.29 is 19.1 Å². The van der Waals surface area contributed by atoms with Crippen molar-refractivity contribution in [2.45, 2.75) is 31.2 Å². The second kappa shape index (κ2) is 8.18.